The topological polar surface area (TPSA) is 39.9 Å². The largest absolute Gasteiger partial charge is 0.482 e. The van der Waals surface area contributed by atoms with E-state index in [9.17, 15) is 0 Å². The lowest BCUT2D eigenvalue weighted by molar-refractivity contribution is 0.203. The lowest BCUT2D eigenvalue weighted by Crippen LogP contribution is -2.05. The van der Waals surface area contributed by atoms with Gasteiger partial charge in [-0.2, -0.15) is 0 Å². The van der Waals surface area contributed by atoms with Gasteiger partial charge in [0.15, 0.2) is 11.9 Å². The summed E-state index contributed by atoms with van der Waals surface area (Å²) in [5, 5.41) is 4.89. The van der Waals surface area contributed by atoms with Crippen molar-refractivity contribution in [2.75, 3.05) is 0 Å². The maximum atomic E-state index is 5.91. The highest BCUT2D eigenvalue weighted by molar-refractivity contribution is 9.10. The van der Waals surface area contributed by atoms with Gasteiger partial charge >= 0.3 is 0 Å². The summed E-state index contributed by atoms with van der Waals surface area (Å²) in [5.74, 6) is 1.62. The molecule has 4 nitrogen and oxygen atoms in total. The van der Waals surface area contributed by atoms with Crippen molar-refractivity contribution < 1.29 is 4.74 Å². The Labute approximate surface area is 112 Å². The maximum absolute atomic E-state index is 5.91. The molecule has 17 heavy (non-hydrogen) atoms. The molecule has 1 aliphatic heterocycles. The Bertz CT molecular complexity index is 557. The number of halogens is 2. The molecule has 1 atom stereocenters. The Morgan fingerprint density at radius 1 is 1.47 bits per heavy atom. The number of aromatic nitrogens is 3. The number of fused-ring (bicyclic) bond motifs is 1. The number of ether oxygens (including phenoxy) is 1. The van der Waals surface area contributed by atoms with Gasteiger partial charge in [-0.25, -0.2) is 9.67 Å². The molecule has 0 amide bonds. The van der Waals surface area contributed by atoms with Crippen molar-refractivity contribution in [3.05, 3.63) is 39.8 Å². The lowest BCUT2D eigenvalue weighted by atomic mass is 10.3. The van der Waals surface area contributed by atoms with Crippen LogP contribution >= 0.6 is 27.5 Å². The van der Waals surface area contributed by atoms with Gasteiger partial charge in [-0.1, -0.05) is 17.7 Å². The SMILES string of the molecule is Clc1cccc(OC2CCn3nc(Br)nc32)c1. The number of rotatable bonds is 2. The van der Waals surface area contributed by atoms with Crippen LogP contribution in [0.2, 0.25) is 5.02 Å². The number of nitrogens with zero attached hydrogens (tertiary/aromatic N) is 3. The molecule has 0 fully saturated rings. The van der Waals surface area contributed by atoms with E-state index in [4.69, 9.17) is 16.3 Å². The second-order valence-electron chi connectivity index (χ2n) is 3.81. The highest BCUT2D eigenvalue weighted by Crippen LogP contribution is 2.30. The average molecular weight is 315 g/mol. The molecule has 2 heterocycles. The van der Waals surface area contributed by atoms with Crippen LogP contribution in [-0.4, -0.2) is 14.8 Å². The summed E-state index contributed by atoms with van der Waals surface area (Å²) >= 11 is 9.18. The van der Waals surface area contributed by atoms with Crippen LogP contribution in [0.3, 0.4) is 0 Å². The Morgan fingerprint density at radius 2 is 2.35 bits per heavy atom. The van der Waals surface area contributed by atoms with Crippen molar-refractivity contribution in [2.45, 2.75) is 19.1 Å². The number of benzene rings is 1. The van der Waals surface area contributed by atoms with Gasteiger partial charge in [-0.05, 0) is 34.1 Å². The van der Waals surface area contributed by atoms with Crippen LogP contribution in [0, 0.1) is 0 Å². The molecule has 0 saturated heterocycles. The quantitative estimate of drug-likeness (QED) is 0.854. The van der Waals surface area contributed by atoms with Gasteiger partial charge in [-0.3, -0.25) is 0 Å². The zero-order chi connectivity index (χ0) is 11.8. The van der Waals surface area contributed by atoms with Crippen molar-refractivity contribution in [3.8, 4) is 5.75 Å². The van der Waals surface area contributed by atoms with Crippen molar-refractivity contribution in [2.24, 2.45) is 0 Å². The van der Waals surface area contributed by atoms with Crippen LogP contribution < -0.4 is 4.74 Å². The van der Waals surface area contributed by atoms with E-state index >= 15 is 0 Å². The van der Waals surface area contributed by atoms with Crippen LogP contribution in [0.1, 0.15) is 18.3 Å². The summed E-state index contributed by atoms with van der Waals surface area (Å²) in [6.45, 7) is 0.833. The Kier molecular flexibility index (Phi) is 2.80. The van der Waals surface area contributed by atoms with Crippen molar-refractivity contribution in [1.82, 2.24) is 14.8 Å². The Balaban J connectivity index is 1.83. The maximum Gasteiger partial charge on any atom is 0.217 e. The molecule has 88 valence electrons. The number of hydrogen-bond acceptors (Lipinski definition) is 3. The molecule has 1 aromatic carbocycles. The zero-order valence-electron chi connectivity index (χ0n) is 8.81. The number of aryl methyl sites for hydroxylation is 1. The summed E-state index contributed by atoms with van der Waals surface area (Å²) in [4.78, 5) is 4.30. The van der Waals surface area contributed by atoms with E-state index in [1.165, 1.54) is 0 Å². The van der Waals surface area contributed by atoms with E-state index in [1.54, 1.807) is 6.07 Å². The van der Waals surface area contributed by atoms with E-state index < -0.39 is 0 Å². The smallest absolute Gasteiger partial charge is 0.217 e. The van der Waals surface area contributed by atoms with Crippen LogP contribution in [-0.2, 0) is 6.54 Å². The molecular formula is C11H9BrClN3O. The van der Waals surface area contributed by atoms with Gasteiger partial charge in [0.05, 0.1) is 0 Å². The van der Waals surface area contributed by atoms with Gasteiger partial charge in [0.1, 0.15) is 5.75 Å². The number of hydrogen-bond donors (Lipinski definition) is 0. The molecule has 0 saturated carbocycles. The minimum atomic E-state index is -0.0488. The fourth-order valence-electron chi connectivity index (χ4n) is 1.91. The van der Waals surface area contributed by atoms with Gasteiger partial charge in [0, 0.05) is 18.0 Å². The standard InChI is InChI=1S/C11H9BrClN3O/c12-11-14-10-9(4-5-16(10)15-11)17-8-3-1-2-7(13)6-8/h1-3,6,9H,4-5H2. The normalized spacial score (nSPS) is 18.1. The molecule has 0 aliphatic carbocycles. The molecule has 1 aliphatic rings. The van der Waals surface area contributed by atoms with E-state index in [2.05, 4.69) is 26.0 Å². The molecule has 0 spiro atoms. The molecule has 1 aromatic heterocycles. The van der Waals surface area contributed by atoms with E-state index in [1.807, 2.05) is 22.9 Å². The van der Waals surface area contributed by atoms with Crippen molar-refractivity contribution >= 4 is 27.5 Å². The van der Waals surface area contributed by atoms with Gasteiger partial charge in [0.25, 0.3) is 0 Å². The molecule has 0 radical (unpaired) electrons. The van der Waals surface area contributed by atoms with Crippen LogP contribution in [0.25, 0.3) is 0 Å². The fraction of sp³-hybridized carbons (Fsp3) is 0.273. The third-order valence-corrected chi connectivity index (χ3v) is 3.21. The first kappa shape index (κ1) is 11.0. The molecule has 6 heteroatoms. The Morgan fingerprint density at radius 3 is 3.18 bits per heavy atom. The minimum Gasteiger partial charge on any atom is -0.482 e. The van der Waals surface area contributed by atoms with Crippen LogP contribution in [0.15, 0.2) is 29.0 Å². The second kappa shape index (κ2) is 4.31. The molecule has 0 N–H and O–H groups in total. The highest BCUT2D eigenvalue weighted by Gasteiger charge is 2.27. The predicted octanol–water partition coefficient (Wildman–Crippen LogP) is 3.22. The first-order valence-electron chi connectivity index (χ1n) is 5.25. The molecule has 3 rings (SSSR count). The second-order valence-corrected chi connectivity index (χ2v) is 4.96. The van der Waals surface area contributed by atoms with Crippen molar-refractivity contribution in [1.29, 1.82) is 0 Å². The highest BCUT2D eigenvalue weighted by atomic mass is 79.9. The van der Waals surface area contributed by atoms with E-state index in [-0.39, 0.29) is 6.10 Å². The molecular weight excluding hydrogens is 305 g/mol. The van der Waals surface area contributed by atoms with Gasteiger partial charge in [0.2, 0.25) is 4.73 Å². The average Bonchev–Trinajstić information content (AvgIpc) is 2.80. The molecule has 0 bridgehead atoms. The zero-order valence-corrected chi connectivity index (χ0v) is 11.1. The summed E-state index contributed by atoms with van der Waals surface area (Å²) in [5.41, 5.74) is 0. The van der Waals surface area contributed by atoms with Gasteiger partial charge in [-0.15, -0.1) is 5.10 Å². The van der Waals surface area contributed by atoms with E-state index in [0.717, 1.165) is 24.5 Å². The summed E-state index contributed by atoms with van der Waals surface area (Å²) < 4.78 is 8.33. The monoisotopic (exact) mass is 313 g/mol. The summed E-state index contributed by atoms with van der Waals surface area (Å²) in [6.07, 6.45) is 0.835. The predicted molar refractivity (Wildman–Crippen MR) is 67.2 cm³/mol. The van der Waals surface area contributed by atoms with Crippen LogP contribution in [0.5, 0.6) is 5.75 Å². The third-order valence-electron chi connectivity index (χ3n) is 2.64. The summed E-state index contributed by atoms with van der Waals surface area (Å²) in [6, 6.07) is 7.38. The van der Waals surface area contributed by atoms with Crippen molar-refractivity contribution in [3.63, 3.8) is 0 Å². The van der Waals surface area contributed by atoms with Gasteiger partial charge < -0.3 is 4.74 Å². The summed E-state index contributed by atoms with van der Waals surface area (Å²) in [7, 11) is 0. The lowest BCUT2D eigenvalue weighted by Gasteiger charge is -2.11. The first-order valence-corrected chi connectivity index (χ1v) is 6.42. The molecule has 2 aromatic rings. The third kappa shape index (κ3) is 2.17. The Hall–Kier alpha value is -1.07. The van der Waals surface area contributed by atoms with Crippen LogP contribution in [0.4, 0.5) is 0 Å². The first-order chi connectivity index (χ1) is 8.22. The fourth-order valence-corrected chi connectivity index (χ4v) is 2.47. The van der Waals surface area contributed by atoms with E-state index in [0.29, 0.717) is 9.76 Å². The molecule has 1 unspecified atom stereocenters. The minimum absolute atomic E-state index is 0.0488.